The maximum Gasteiger partial charge on any atom is 0.329 e. The molecule has 3 aromatic heterocycles. The lowest BCUT2D eigenvalue weighted by Gasteiger charge is -2.14. The van der Waals surface area contributed by atoms with Crippen LogP contribution in [-0.4, -0.2) is 29.7 Å². The van der Waals surface area contributed by atoms with E-state index in [1.807, 2.05) is 12.1 Å². The minimum Gasteiger partial charge on any atom is -0.354 e. The number of aryl methyl sites for hydroxylation is 9. The predicted octanol–water partition coefficient (Wildman–Crippen LogP) is 13.8. The summed E-state index contributed by atoms with van der Waals surface area (Å²) in [6.45, 7) is 19.5. The number of aromatic amines is 2. The average Bonchev–Trinajstić information content (AvgIpc) is 4.02. The van der Waals surface area contributed by atoms with Gasteiger partial charge in [-0.2, -0.15) is 0 Å². The molecule has 8 bridgehead atoms. The molecule has 0 amide bonds. The van der Waals surface area contributed by atoms with Crippen molar-refractivity contribution in [1.29, 1.82) is 0 Å². The molecular weight excluding hydrogens is 784 g/mol. The van der Waals surface area contributed by atoms with Crippen LogP contribution in [0.2, 0.25) is 0 Å². The molecule has 0 saturated carbocycles. The number of hydrogen-bond acceptors (Lipinski definition) is 3. The lowest BCUT2D eigenvalue weighted by molar-refractivity contribution is 0.371. The summed E-state index contributed by atoms with van der Waals surface area (Å²) in [5, 5.41) is 0. The summed E-state index contributed by atoms with van der Waals surface area (Å²) in [7, 11) is -4.26. The van der Waals surface area contributed by atoms with Crippen molar-refractivity contribution in [2.24, 2.45) is 0 Å². The molecule has 5 heterocycles. The number of benzene rings is 4. The minimum atomic E-state index is -4.26. The van der Waals surface area contributed by atoms with Gasteiger partial charge in [0, 0.05) is 44.3 Å². The van der Waals surface area contributed by atoms with Crippen LogP contribution in [0.3, 0.4) is 0 Å². The second-order valence-electron chi connectivity index (χ2n) is 17.3. The Bertz CT molecular complexity index is 3180. The minimum absolute atomic E-state index is 0.329. The van der Waals surface area contributed by atoms with Crippen molar-refractivity contribution >= 4 is 54.0 Å². The molecule has 0 saturated heterocycles. The van der Waals surface area contributed by atoms with Crippen molar-refractivity contribution in [2.45, 2.75) is 68.5 Å². The Morgan fingerprint density at radius 2 is 0.710 bits per heavy atom. The van der Waals surface area contributed by atoms with E-state index in [2.05, 4.69) is 157 Å². The van der Waals surface area contributed by atoms with Gasteiger partial charge in [-0.1, -0.05) is 77.4 Å². The number of fused-ring (bicyclic) bond motifs is 8. The van der Waals surface area contributed by atoms with Crippen LogP contribution in [0, 0.1) is 62.3 Å². The van der Waals surface area contributed by atoms with E-state index in [4.69, 9.17) is 9.97 Å². The highest BCUT2D eigenvalue weighted by Crippen LogP contribution is 2.43. The number of H-pyrrole nitrogens is 2. The van der Waals surface area contributed by atoms with E-state index in [-0.39, 0.29) is 6.16 Å². The number of aromatic nitrogens is 4. The third-order valence-corrected chi connectivity index (χ3v) is 12.9. The normalized spacial score (nSPS) is 12.4. The Morgan fingerprint density at radius 3 is 1.02 bits per heavy atom. The van der Waals surface area contributed by atoms with Gasteiger partial charge in [-0.3, -0.25) is 4.57 Å². The highest BCUT2D eigenvalue weighted by atomic mass is 31.2. The molecule has 0 unspecified atom stereocenters. The Labute approximate surface area is 363 Å². The first-order valence-corrected chi connectivity index (χ1v) is 22.9. The van der Waals surface area contributed by atoms with Gasteiger partial charge in [0.25, 0.3) is 0 Å². The fourth-order valence-corrected chi connectivity index (χ4v) is 10.7. The second-order valence-corrected chi connectivity index (χ2v) is 19.0. The average molecular weight is 835 g/mol. The monoisotopic (exact) mass is 834 g/mol. The molecule has 8 heteroatoms. The van der Waals surface area contributed by atoms with Crippen molar-refractivity contribution in [3.05, 3.63) is 163 Å². The van der Waals surface area contributed by atoms with E-state index in [0.717, 1.165) is 112 Å². The van der Waals surface area contributed by atoms with E-state index >= 15 is 0 Å². The fourth-order valence-electron chi connectivity index (χ4n) is 10.0. The maximum absolute atomic E-state index is 12.0. The zero-order valence-electron chi connectivity index (χ0n) is 36.7. The van der Waals surface area contributed by atoms with Gasteiger partial charge < -0.3 is 19.8 Å². The summed E-state index contributed by atoms with van der Waals surface area (Å²) in [4.78, 5) is 38.4. The quantitative estimate of drug-likeness (QED) is 0.125. The van der Waals surface area contributed by atoms with Gasteiger partial charge in [0.15, 0.2) is 0 Å². The molecule has 7 aromatic rings. The van der Waals surface area contributed by atoms with E-state index in [1.54, 1.807) is 12.1 Å². The first-order valence-electron chi connectivity index (χ1n) is 21.1. The number of hydrogen-bond donors (Lipinski definition) is 4. The molecule has 9 rings (SSSR count). The van der Waals surface area contributed by atoms with Crippen molar-refractivity contribution in [1.82, 2.24) is 19.9 Å². The standard InChI is InChI=1S/C54H51N4O3P/c1-29-22-32(4)48(33(5)23-29)52-42-16-14-40(55-42)51(39-12-10-38(11-13-39)28-62(59,60)61)41-15-17-43(56-41)53(49-34(6)24-30(2)25-35(49)7)45-19-21-47(58-45)54(46-20-18-44(52)57-46)50-36(8)26-31(3)27-37(50)9/h10-27,55,58H,28H2,1-9H3,(H2,59,60,61). The molecule has 62 heavy (non-hydrogen) atoms. The molecule has 7 nitrogen and oxygen atoms in total. The summed E-state index contributed by atoms with van der Waals surface area (Å²) in [5.41, 5.74) is 26.4. The summed E-state index contributed by atoms with van der Waals surface area (Å²) in [6.07, 6.45) is 8.16. The van der Waals surface area contributed by atoms with Crippen LogP contribution in [-0.2, 0) is 10.7 Å². The Morgan fingerprint density at radius 1 is 0.419 bits per heavy atom. The largest absolute Gasteiger partial charge is 0.354 e. The third-order valence-electron chi connectivity index (χ3n) is 12.2. The molecule has 310 valence electrons. The zero-order chi connectivity index (χ0) is 43.8. The Hall–Kier alpha value is -6.37. The summed E-state index contributed by atoms with van der Waals surface area (Å²) in [5.74, 6) is 0. The van der Waals surface area contributed by atoms with Crippen LogP contribution >= 0.6 is 7.60 Å². The SMILES string of the molecule is Cc1cc(C)c(-c2c3nc(c(-c4c(C)cc(C)cc4C)c4ccc([nH]4)c(-c4c(C)cc(C)cc4C)c4nc(c(-c5ccc(CP(=O)(O)O)cc5)c5ccc2[nH]5)C=C4)C=C3)c(C)c1. The molecule has 0 radical (unpaired) electrons. The van der Waals surface area contributed by atoms with Gasteiger partial charge in [-0.15, -0.1) is 0 Å². The molecule has 0 spiro atoms. The van der Waals surface area contributed by atoms with Crippen LogP contribution in [0.25, 0.3) is 90.9 Å². The Kier molecular flexibility index (Phi) is 10.3. The van der Waals surface area contributed by atoms with E-state index in [0.29, 0.717) is 5.56 Å². The van der Waals surface area contributed by atoms with E-state index in [9.17, 15) is 14.4 Å². The smallest absolute Gasteiger partial charge is 0.329 e. The topological polar surface area (TPSA) is 115 Å². The molecule has 0 aliphatic carbocycles. The van der Waals surface area contributed by atoms with Crippen molar-refractivity contribution < 1.29 is 14.4 Å². The fraction of sp³-hybridized carbons (Fsp3) is 0.185. The van der Waals surface area contributed by atoms with E-state index in [1.165, 1.54) is 27.8 Å². The lowest BCUT2D eigenvalue weighted by Crippen LogP contribution is -1.96. The molecule has 0 fully saturated rings. The zero-order valence-corrected chi connectivity index (χ0v) is 37.6. The number of rotatable bonds is 6. The van der Waals surface area contributed by atoms with Crippen molar-refractivity contribution in [3.63, 3.8) is 0 Å². The van der Waals surface area contributed by atoms with Crippen LogP contribution in [0.1, 0.15) is 78.4 Å². The van der Waals surface area contributed by atoms with E-state index < -0.39 is 7.60 Å². The summed E-state index contributed by atoms with van der Waals surface area (Å²) in [6, 6.07) is 29.5. The van der Waals surface area contributed by atoms with Gasteiger partial charge >= 0.3 is 7.60 Å². The molecular formula is C54H51N4O3P. The van der Waals surface area contributed by atoms with Crippen molar-refractivity contribution in [2.75, 3.05) is 0 Å². The second kappa shape index (κ2) is 15.5. The van der Waals surface area contributed by atoms with Crippen LogP contribution in [0.4, 0.5) is 0 Å². The van der Waals surface area contributed by atoms with Gasteiger partial charge in [0.05, 0.1) is 28.9 Å². The Balaban J connectivity index is 1.49. The molecule has 2 aliphatic rings. The summed E-state index contributed by atoms with van der Waals surface area (Å²) >= 11 is 0. The van der Waals surface area contributed by atoms with Gasteiger partial charge in [-0.05, 0) is 172 Å². The van der Waals surface area contributed by atoms with Crippen molar-refractivity contribution in [3.8, 4) is 44.5 Å². The highest BCUT2D eigenvalue weighted by molar-refractivity contribution is 7.50. The predicted molar refractivity (Wildman–Crippen MR) is 259 cm³/mol. The highest BCUT2D eigenvalue weighted by Gasteiger charge is 2.23. The van der Waals surface area contributed by atoms with Crippen LogP contribution in [0.5, 0.6) is 0 Å². The first-order chi connectivity index (χ1) is 29.5. The molecule has 4 aromatic carbocycles. The van der Waals surface area contributed by atoms with Crippen LogP contribution < -0.4 is 0 Å². The molecule has 2 aliphatic heterocycles. The summed E-state index contributed by atoms with van der Waals surface area (Å²) < 4.78 is 12.0. The third kappa shape index (κ3) is 7.51. The molecule has 0 atom stereocenters. The maximum atomic E-state index is 12.0. The lowest BCUT2D eigenvalue weighted by atomic mass is 9.92. The number of nitrogens with one attached hydrogen (secondary N) is 2. The molecule has 4 N–H and O–H groups in total. The van der Waals surface area contributed by atoms with Crippen LogP contribution in [0.15, 0.2) is 84.9 Å². The van der Waals surface area contributed by atoms with Gasteiger partial charge in [0.2, 0.25) is 0 Å². The first kappa shape index (κ1) is 41.0. The van der Waals surface area contributed by atoms with Gasteiger partial charge in [0.1, 0.15) is 0 Å². The van der Waals surface area contributed by atoms with Gasteiger partial charge in [-0.25, -0.2) is 9.97 Å². The number of nitrogens with zero attached hydrogens (tertiary/aromatic N) is 2.